The average molecular weight is 334 g/mol. The lowest BCUT2D eigenvalue weighted by Crippen LogP contribution is -2.47. The summed E-state index contributed by atoms with van der Waals surface area (Å²) in [5.74, 6) is -1.02. The predicted molar refractivity (Wildman–Crippen MR) is 76.4 cm³/mol. The van der Waals surface area contributed by atoms with Gasteiger partial charge in [0, 0.05) is 39.0 Å². The van der Waals surface area contributed by atoms with Crippen molar-refractivity contribution >= 4 is 5.91 Å². The molecule has 0 bridgehead atoms. The first-order chi connectivity index (χ1) is 10.8. The van der Waals surface area contributed by atoms with E-state index >= 15 is 0 Å². The molecule has 3 N–H and O–H groups in total. The second kappa shape index (κ2) is 6.88. The van der Waals surface area contributed by atoms with Gasteiger partial charge in [0.15, 0.2) is 0 Å². The number of nitrogens with one attached hydrogen (secondary N) is 2. The van der Waals surface area contributed by atoms with Gasteiger partial charge in [-0.1, -0.05) is 0 Å². The molecule has 2 rings (SSSR count). The molecular formula is C14H21F3N4O2. The van der Waals surface area contributed by atoms with Crippen molar-refractivity contribution in [1.82, 2.24) is 20.2 Å². The van der Waals surface area contributed by atoms with Crippen LogP contribution in [0.25, 0.3) is 0 Å². The van der Waals surface area contributed by atoms with Gasteiger partial charge < -0.3 is 20.3 Å². The molecule has 1 amide bonds. The van der Waals surface area contributed by atoms with E-state index in [0.29, 0.717) is 13.0 Å². The number of carbonyl (C=O) groups is 1. The molecule has 9 heteroatoms. The van der Waals surface area contributed by atoms with Crippen molar-refractivity contribution in [3.63, 3.8) is 0 Å². The number of nitrogens with zero attached hydrogens (tertiary/aromatic N) is 2. The van der Waals surface area contributed by atoms with Gasteiger partial charge in [0.05, 0.1) is 5.92 Å². The zero-order chi connectivity index (χ0) is 17.1. The standard InChI is InChI=1S/C14H21F3N4O2/c1-21-8-7-20-12(21)13(23,14(15,16)17)4-6-19-11(22)10-3-2-5-18-9-10/h7-8,10,18,23H,2-6,9H2,1H3,(H,19,22)/t10-,13-/m0/s1. The number of amides is 1. The molecule has 1 aliphatic heterocycles. The Morgan fingerprint density at radius 3 is 2.83 bits per heavy atom. The molecule has 0 spiro atoms. The largest absolute Gasteiger partial charge is 0.424 e. The summed E-state index contributed by atoms with van der Waals surface area (Å²) in [5.41, 5.74) is -3.09. The van der Waals surface area contributed by atoms with E-state index < -0.39 is 24.0 Å². The van der Waals surface area contributed by atoms with Crippen molar-refractivity contribution in [1.29, 1.82) is 0 Å². The third-order valence-electron chi connectivity index (χ3n) is 4.11. The van der Waals surface area contributed by atoms with Crippen LogP contribution in [0.4, 0.5) is 13.2 Å². The molecule has 1 aliphatic rings. The molecule has 6 nitrogen and oxygen atoms in total. The van der Waals surface area contributed by atoms with Crippen LogP contribution >= 0.6 is 0 Å². The van der Waals surface area contributed by atoms with Crippen molar-refractivity contribution in [2.75, 3.05) is 19.6 Å². The first kappa shape index (κ1) is 17.7. The Balaban J connectivity index is 2.00. The van der Waals surface area contributed by atoms with Gasteiger partial charge in [0.1, 0.15) is 5.82 Å². The fourth-order valence-corrected chi connectivity index (χ4v) is 2.73. The Bertz CT molecular complexity index is 540. The number of imidazole rings is 1. The van der Waals surface area contributed by atoms with Crippen molar-refractivity contribution in [2.45, 2.75) is 31.0 Å². The van der Waals surface area contributed by atoms with E-state index in [1.807, 2.05) is 0 Å². The maximum atomic E-state index is 13.3. The van der Waals surface area contributed by atoms with E-state index in [2.05, 4.69) is 15.6 Å². The number of aryl methyl sites for hydroxylation is 1. The van der Waals surface area contributed by atoms with E-state index in [9.17, 15) is 23.1 Å². The molecule has 0 aromatic carbocycles. The summed E-state index contributed by atoms with van der Waals surface area (Å²) in [7, 11) is 1.38. The molecule has 0 aliphatic carbocycles. The summed E-state index contributed by atoms with van der Waals surface area (Å²) in [6, 6.07) is 0. The summed E-state index contributed by atoms with van der Waals surface area (Å²) in [5, 5.41) is 15.7. The highest BCUT2D eigenvalue weighted by atomic mass is 19.4. The van der Waals surface area contributed by atoms with Crippen molar-refractivity contribution in [3.05, 3.63) is 18.2 Å². The van der Waals surface area contributed by atoms with Crippen molar-refractivity contribution < 1.29 is 23.1 Å². The Morgan fingerprint density at radius 1 is 1.57 bits per heavy atom. The molecule has 130 valence electrons. The molecule has 2 atom stereocenters. The molecule has 0 radical (unpaired) electrons. The molecule has 2 heterocycles. The molecule has 1 aromatic rings. The highest BCUT2D eigenvalue weighted by Gasteiger charge is 2.57. The minimum Gasteiger partial charge on any atom is -0.374 e. The van der Waals surface area contributed by atoms with Crippen molar-refractivity contribution in [3.8, 4) is 0 Å². The van der Waals surface area contributed by atoms with Gasteiger partial charge >= 0.3 is 6.18 Å². The van der Waals surface area contributed by atoms with Crippen molar-refractivity contribution in [2.24, 2.45) is 13.0 Å². The number of aliphatic hydroxyl groups is 1. The lowest BCUT2D eigenvalue weighted by molar-refractivity contribution is -0.272. The van der Waals surface area contributed by atoms with E-state index in [-0.39, 0.29) is 18.4 Å². The molecule has 1 fully saturated rings. The average Bonchev–Trinajstić information content (AvgIpc) is 2.93. The predicted octanol–water partition coefficient (Wildman–Crippen LogP) is 0.676. The second-order valence-corrected chi connectivity index (χ2v) is 5.80. The molecular weight excluding hydrogens is 313 g/mol. The van der Waals surface area contributed by atoms with Crippen LogP contribution in [0.3, 0.4) is 0 Å². The fourth-order valence-electron chi connectivity index (χ4n) is 2.73. The van der Waals surface area contributed by atoms with Gasteiger partial charge in [-0.15, -0.1) is 0 Å². The second-order valence-electron chi connectivity index (χ2n) is 5.80. The summed E-state index contributed by atoms with van der Waals surface area (Å²) >= 11 is 0. The number of hydrogen-bond acceptors (Lipinski definition) is 4. The van der Waals surface area contributed by atoms with Gasteiger partial charge in [0.25, 0.3) is 0 Å². The molecule has 1 saturated heterocycles. The van der Waals surface area contributed by atoms with Gasteiger partial charge in [-0.2, -0.15) is 13.2 Å². The molecule has 0 unspecified atom stereocenters. The number of alkyl halides is 3. The summed E-state index contributed by atoms with van der Waals surface area (Å²) in [6.45, 7) is 1.09. The lowest BCUT2D eigenvalue weighted by atomic mass is 9.96. The van der Waals surface area contributed by atoms with Crippen LogP contribution in [-0.2, 0) is 17.4 Å². The lowest BCUT2D eigenvalue weighted by Gasteiger charge is -2.30. The Labute approximate surface area is 132 Å². The zero-order valence-electron chi connectivity index (χ0n) is 12.9. The molecule has 1 aromatic heterocycles. The maximum Gasteiger partial charge on any atom is 0.424 e. The Hall–Kier alpha value is -1.61. The van der Waals surface area contributed by atoms with Gasteiger partial charge in [-0.05, 0) is 19.4 Å². The third kappa shape index (κ3) is 3.84. The quantitative estimate of drug-likeness (QED) is 0.740. The van der Waals surface area contributed by atoms with Gasteiger partial charge in [-0.3, -0.25) is 4.79 Å². The highest BCUT2D eigenvalue weighted by Crippen LogP contribution is 2.40. The smallest absolute Gasteiger partial charge is 0.374 e. The SMILES string of the molecule is Cn1ccnc1[C@@](O)(CCNC(=O)[C@H]1CCCNC1)C(F)(F)F. The van der Waals surface area contributed by atoms with E-state index in [1.165, 1.54) is 19.4 Å². The van der Waals surface area contributed by atoms with Crippen LogP contribution in [0.15, 0.2) is 12.4 Å². The highest BCUT2D eigenvalue weighted by molar-refractivity contribution is 5.78. The number of carbonyl (C=O) groups excluding carboxylic acids is 1. The summed E-state index contributed by atoms with van der Waals surface area (Å²) in [6.07, 6.45) is -1.48. The number of halogens is 3. The first-order valence-electron chi connectivity index (χ1n) is 7.51. The number of hydrogen-bond donors (Lipinski definition) is 3. The Morgan fingerprint density at radius 2 is 2.30 bits per heavy atom. The van der Waals surface area contributed by atoms with Crippen LogP contribution in [0.5, 0.6) is 0 Å². The zero-order valence-corrected chi connectivity index (χ0v) is 12.9. The van der Waals surface area contributed by atoms with Crippen LogP contribution in [0, 0.1) is 5.92 Å². The fraction of sp³-hybridized carbons (Fsp3) is 0.714. The summed E-state index contributed by atoms with van der Waals surface area (Å²) in [4.78, 5) is 15.6. The van der Waals surface area contributed by atoms with Crippen LogP contribution in [0.1, 0.15) is 25.1 Å². The first-order valence-corrected chi connectivity index (χ1v) is 7.51. The normalized spacial score (nSPS) is 21.7. The van der Waals surface area contributed by atoms with E-state index in [4.69, 9.17) is 0 Å². The number of aromatic nitrogens is 2. The van der Waals surface area contributed by atoms with E-state index in [1.54, 1.807) is 0 Å². The maximum absolute atomic E-state index is 13.3. The topological polar surface area (TPSA) is 79.2 Å². The van der Waals surface area contributed by atoms with Gasteiger partial charge in [0.2, 0.25) is 11.5 Å². The monoisotopic (exact) mass is 334 g/mol. The third-order valence-corrected chi connectivity index (χ3v) is 4.11. The van der Waals surface area contributed by atoms with Crippen LogP contribution in [0.2, 0.25) is 0 Å². The molecule has 23 heavy (non-hydrogen) atoms. The van der Waals surface area contributed by atoms with E-state index in [0.717, 1.165) is 17.5 Å². The minimum absolute atomic E-state index is 0.240. The molecule has 0 saturated carbocycles. The van der Waals surface area contributed by atoms with Crippen LogP contribution in [-0.4, -0.2) is 46.4 Å². The number of rotatable bonds is 5. The Kier molecular flexibility index (Phi) is 5.30. The summed E-state index contributed by atoms with van der Waals surface area (Å²) < 4.78 is 41.0. The number of piperidine rings is 1. The minimum atomic E-state index is -4.89. The van der Waals surface area contributed by atoms with Gasteiger partial charge in [-0.25, -0.2) is 4.98 Å². The van der Waals surface area contributed by atoms with Crippen LogP contribution < -0.4 is 10.6 Å².